The minimum atomic E-state index is -0.178. The van der Waals surface area contributed by atoms with Crippen LogP contribution in [0.15, 0.2) is 42.6 Å². The summed E-state index contributed by atoms with van der Waals surface area (Å²) in [5.74, 6) is 1.06. The van der Waals surface area contributed by atoms with Gasteiger partial charge in [0.1, 0.15) is 17.2 Å². The van der Waals surface area contributed by atoms with Crippen LogP contribution in [0.2, 0.25) is 0 Å². The Morgan fingerprint density at radius 3 is 2.39 bits per heavy atom. The molecule has 0 bridgehead atoms. The second kappa shape index (κ2) is 10.5. The highest BCUT2D eigenvalue weighted by molar-refractivity contribution is 6.06. The van der Waals surface area contributed by atoms with Gasteiger partial charge < -0.3 is 14.5 Å². The van der Waals surface area contributed by atoms with Crippen LogP contribution in [-0.2, 0) is 6.42 Å². The summed E-state index contributed by atoms with van der Waals surface area (Å²) in [5.41, 5.74) is 2.56. The zero-order valence-electron chi connectivity index (χ0n) is 20.3. The quantitative estimate of drug-likeness (QED) is 0.500. The van der Waals surface area contributed by atoms with Crippen LogP contribution < -0.4 is 9.64 Å². The Labute approximate surface area is 195 Å². The van der Waals surface area contributed by atoms with Gasteiger partial charge in [-0.1, -0.05) is 13.0 Å². The molecule has 0 unspecified atom stereocenters. The molecule has 1 aromatic carbocycles. The molecule has 8 heteroatoms. The van der Waals surface area contributed by atoms with Crippen LogP contribution in [0.1, 0.15) is 40.3 Å². The summed E-state index contributed by atoms with van der Waals surface area (Å²) in [6, 6.07) is 10.7. The number of likely N-dealkylation sites (N-methyl/N-ethyl adjacent to an activating group) is 2. The molecule has 8 nitrogen and oxygen atoms in total. The topological polar surface area (TPSA) is 70.4 Å². The second-order valence-electron chi connectivity index (χ2n) is 8.17. The Kier molecular flexibility index (Phi) is 7.71. The van der Waals surface area contributed by atoms with E-state index in [1.54, 1.807) is 55.6 Å². The van der Waals surface area contributed by atoms with Crippen LogP contribution in [0.4, 0.5) is 5.82 Å². The molecule has 0 radical (unpaired) electrons. The van der Waals surface area contributed by atoms with E-state index in [9.17, 15) is 9.59 Å². The van der Waals surface area contributed by atoms with Crippen molar-refractivity contribution in [2.24, 2.45) is 0 Å². The van der Waals surface area contributed by atoms with E-state index in [1.807, 2.05) is 43.3 Å². The molecule has 0 saturated carbocycles. The smallest absolute Gasteiger partial charge is 0.259 e. The summed E-state index contributed by atoms with van der Waals surface area (Å²) in [6.45, 7) is 6.03. The molecule has 0 atom stereocenters. The van der Waals surface area contributed by atoms with Crippen LogP contribution in [0, 0.1) is 0 Å². The van der Waals surface area contributed by atoms with Crippen molar-refractivity contribution in [2.45, 2.75) is 20.3 Å². The fourth-order valence-electron chi connectivity index (χ4n) is 3.75. The zero-order chi connectivity index (χ0) is 24.1. The maximum atomic E-state index is 13.3. The number of pyridine rings is 1. The maximum Gasteiger partial charge on any atom is 0.259 e. The van der Waals surface area contributed by atoms with Gasteiger partial charge in [0.25, 0.3) is 11.8 Å². The van der Waals surface area contributed by atoms with Crippen molar-refractivity contribution in [1.29, 1.82) is 0 Å². The lowest BCUT2D eigenvalue weighted by atomic mass is 10.2. The van der Waals surface area contributed by atoms with Crippen molar-refractivity contribution in [1.82, 2.24) is 19.2 Å². The molecule has 0 aliphatic rings. The average molecular weight is 452 g/mol. The van der Waals surface area contributed by atoms with Crippen molar-refractivity contribution in [3.8, 4) is 5.75 Å². The third-order valence-corrected chi connectivity index (χ3v) is 5.67. The number of anilines is 1. The molecule has 0 aliphatic heterocycles. The summed E-state index contributed by atoms with van der Waals surface area (Å²) in [6.07, 6.45) is 2.44. The Hall–Kier alpha value is -3.39. The van der Waals surface area contributed by atoms with Crippen LogP contribution in [0.3, 0.4) is 0 Å². The summed E-state index contributed by atoms with van der Waals surface area (Å²) >= 11 is 0. The third-order valence-electron chi connectivity index (χ3n) is 5.67. The molecular formula is C25H33N5O3. The molecule has 0 saturated heterocycles. The Morgan fingerprint density at radius 2 is 1.76 bits per heavy atom. The lowest BCUT2D eigenvalue weighted by Crippen LogP contribution is -2.36. The number of rotatable bonds is 9. The molecule has 2 heterocycles. The molecule has 2 aromatic heterocycles. The van der Waals surface area contributed by atoms with Gasteiger partial charge in [0, 0.05) is 38.4 Å². The van der Waals surface area contributed by atoms with Gasteiger partial charge in [-0.05, 0) is 57.8 Å². The van der Waals surface area contributed by atoms with E-state index in [1.165, 1.54) is 0 Å². The maximum absolute atomic E-state index is 13.3. The van der Waals surface area contributed by atoms with Gasteiger partial charge in [0.05, 0.1) is 18.4 Å². The van der Waals surface area contributed by atoms with E-state index in [4.69, 9.17) is 9.72 Å². The molecule has 33 heavy (non-hydrogen) atoms. The summed E-state index contributed by atoms with van der Waals surface area (Å²) in [5, 5.41) is 0. The van der Waals surface area contributed by atoms with E-state index in [2.05, 4.69) is 4.90 Å². The first-order chi connectivity index (χ1) is 15.8. The first-order valence-corrected chi connectivity index (χ1v) is 11.2. The highest BCUT2D eigenvalue weighted by Gasteiger charge is 2.23. The molecule has 3 rings (SSSR count). The number of amides is 2. The predicted molar refractivity (Wildman–Crippen MR) is 130 cm³/mol. The minimum Gasteiger partial charge on any atom is -0.497 e. The van der Waals surface area contributed by atoms with Gasteiger partial charge in [0.2, 0.25) is 0 Å². The fourth-order valence-corrected chi connectivity index (χ4v) is 3.75. The van der Waals surface area contributed by atoms with Crippen molar-refractivity contribution < 1.29 is 14.3 Å². The number of methoxy groups -OCH3 is 1. The highest BCUT2D eigenvalue weighted by atomic mass is 16.5. The van der Waals surface area contributed by atoms with Gasteiger partial charge in [-0.2, -0.15) is 0 Å². The van der Waals surface area contributed by atoms with Gasteiger partial charge >= 0.3 is 0 Å². The van der Waals surface area contributed by atoms with Gasteiger partial charge in [-0.15, -0.1) is 0 Å². The Balaban J connectivity index is 2.00. The number of hydrogen-bond donors (Lipinski definition) is 0. The number of aryl methyl sites for hydroxylation is 1. The molecule has 0 aliphatic carbocycles. The van der Waals surface area contributed by atoms with Crippen molar-refractivity contribution in [3.05, 3.63) is 59.4 Å². The summed E-state index contributed by atoms with van der Waals surface area (Å²) < 4.78 is 7.10. The standard InChI is InChI=1S/C25H33N5O3/c1-7-21-23(28(5)24(31)18-10-9-11-20(16-18)33-6)30-17-19(12-13-22(30)26-21)25(32)29(8-2)15-14-27(3)4/h9-13,16-17H,7-8,14-15H2,1-6H3. The number of carbonyl (C=O) groups is 2. The monoisotopic (exact) mass is 451 g/mol. The predicted octanol–water partition coefficient (Wildman–Crippen LogP) is 3.21. The first-order valence-electron chi connectivity index (χ1n) is 11.2. The number of hydrogen-bond acceptors (Lipinski definition) is 5. The fraction of sp³-hybridized carbons (Fsp3) is 0.400. The van der Waals surface area contributed by atoms with Crippen LogP contribution in [0.5, 0.6) is 5.75 Å². The molecule has 3 aromatic rings. The Bertz CT molecular complexity index is 1140. The largest absolute Gasteiger partial charge is 0.497 e. The second-order valence-corrected chi connectivity index (χ2v) is 8.17. The van der Waals surface area contributed by atoms with Crippen LogP contribution in [-0.4, -0.2) is 78.9 Å². The molecule has 176 valence electrons. The van der Waals surface area contributed by atoms with Crippen LogP contribution in [0.25, 0.3) is 5.65 Å². The molecule has 0 N–H and O–H groups in total. The summed E-state index contributed by atoms with van der Waals surface area (Å²) in [4.78, 5) is 36.7. The third kappa shape index (κ3) is 5.17. The van der Waals surface area contributed by atoms with E-state index in [0.29, 0.717) is 47.9 Å². The zero-order valence-corrected chi connectivity index (χ0v) is 20.3. The van der Waals surface area contributed by atoms with Gasteiger partial charge in [0.15, 0.2) is 0 Å². The first kappa shape index (κ1) is 24.3. The average Bonchev–Trinajstić information content (AvgIpc) is 3.20. The number of fused-ring (bicyclic) bond motifs is 1. The van der Waals surface area contributed by atoms with Crippen molar-refractivity contribution in [2.75, 3.05) is 52.8 Å². The van der Waals surface area contributed by atoms with Crippen LogP contribution >= 0.6 is 0 Å². The summed E-state index contributed by atoms with van der Waals surface area (Å²) in [7, 11) is 7.28. The number of aromatic nitrogens is 2. The normalized spacial score (nSPS) is 11.1. The van der Waals surface area contributed by atoms with Gasteiger partial charge in [-0.3, -0.25) is 18.9 Å². The minimum absolute atomic E-state index is 0.0410. The molecule has 0 spiro atoms. The number of nitrogens with zero attached hydrogens (tertiary/aromatic N) is 5. The van der Waals surface area contributed by atoms with Crippen molar-refractivity contribution >= 4 is 23.3 Å². The lowest BCUT2D eigenvalue weighted by molar-refractivity contribution is 0.0753. The molecule has 2 amide bonds. The number of ether oxygens (including phenoxy) is 1. The number of benzene rings is 1. The van der Waals surface area contributed by atoms with E-state index in [-0.39, 0.29) is 11.8 Å². The van der Waals surface area contributed by atoms with Gasteiger partial charge in [-0.25, -0.2) is 4.98 Å². The van der Waals surface area contributed by atoms with E-state index >= 15 is 0 Å². The number of imidazole rings is 1. The highest BCUT2D eigenvalue weighted by Crippen LogP contribution is 2.25. The molecular weight excluding hydrogens is 418 g/mol. The number of carbonyl (C=O) groups excluding carboxylic acids is 2. The van der Waals surface area contributed by atoms with Crippen molar-refractivity contribution in [3.63, 3.8) is 0 Å². The van der Waals surface area contributed by atoms with E-state index < -0.39 is 0 Å². The molecule has 0 fully saturated rings. The lowest BCUT2D eigenvalue weighted by Gasteiger charge is -2.23. The van der Waals surface area contributed by atoms with E-state index in [0.717, 1.165) is 12.2 Å². The Morgan fingerprint density at radius 1 is 1.00 bits per heavy atom. The SMILES string of the molecule is CCc1nc2ccc(C(=O)N(CC)CCN(C)C)cn2c1N(C)C(=O)c1cccc(OC)c1.